The molecule has 0 spiro atoms. The van der Waals surface area contributed by atoms with Crippen LogP contribution in [0.4, 0.5) is 0 Å². The number of benzene rings is 1. The largest absolute Gasteiger partial charge is 0.497 e. The van der Waals surface area contributed by atoms with Crippen LogP contribution in [-0.4, -0.2) is 20.1 Å². The van der Waals surface area contributed by atoms with Crippen LogP contribution in [0.1, 0.15) is 23.4 Å². The fourth-order valence-corrected chi connectivity index (χ4v) is 2.82. The summed E-state index contributed by atoms with van der Waals surface area (Å²) in [5.74, 6) is 1.47. The second kappa shape index (κ2) is 7.13. The molecule has 0 aliphatic rings. The van der Waals surface area contributed by atoms with Crippen molar-refractivity contribution in [2.45, 2.75) is 19.4 Å². The predicted molar refractivity (Wildman–Crippen MR) is 84.1 cm³/mol. The molecule has 0 radical (unpaired) electrons. The predicted octanol–water partition coefficient (Wildman–Crippen LogP) is 3.19. The molecule has 2 rings (SSSR count). The van der Waals surface area contributed by atoms with Gasteiger partial charge >= 0.3 is 0 Å². The molecule has 21 heavy (non-hydrogen) atoms. The fourth-order valence-electron chi connectivity index (χ4n) is 2.12. The number of ether oxygens (including phenoxy) is 2. The summed E-state index contributed by atoms with van der Waals surface area (Å²) in [4.78, 5) is 13.1. The Bertz CT molecular complexity index is 596. The van der Waals surface area contributed by atoms with Crippen LogP contribution in [0.25, 0.3) is 0 Å². The van der Waals surface area contributed by atoms with Gasteiger partial charge in [-0.05, 0) is 36.6 Å². The van der Waals surface area contributed by atoms with Gasteiger partial charge < -0.3 is 14.8 Å². The lowest BCUT2D eigenvalue weighted by atomic mass is 10.1. The van der Waals surface area contributed by atoms with Gasteiger partial charge in [0.25, 0.3) is 0 Å². The average molecular weight is 305 g/mol. The monoisotopic (exact) mass is 305 g/mol. The van der Waals surface area contributed by atoms with E-state index in [9.17, 15) is 4.79 Å². The third kappa shape index (κ3) is 3.98. The zero-order valence-corrected chi connectivity index (χ0v) is 13.2. The lowest BCUT2D eigenvalue weighted by Crippen LogP contribution is -2.28. The molecule has 1 amide bonds. The first kappa shape index (κ1) is 15.4. The summed E-state index contributed by atoms with van der Waals surface area (Å²) >= 11 is 1.58. The Morgan fingerprint density at radius 3 is 2.71 bits per heavy atom. The molecule has 0 saturated carbocycles. The minimum Gasteiger partial charge on any atom is -0.497 e. The number of hydrogen-bond donors (Lipinski definition) is 1. The molecular formula is C16H19NO3S. The minimum atomic E-state index is -0.150. The second-order valence-electron chi connectivity index (χ2n) is 4.65. The number of nitrogens with one attached hydrogen (secondary N) is 1. The SMILES string of the molecule is COc1ccc(OC)c([C@H](C)NC(=O)Cc2cccs2)c1. The molecule has 1 atom stereocenters. The normalized spacial score (nSPS) is 11.8. The van der Waals surface area contributed by atoms with Crippen LogP contribution in [0.5, 0.6) is 11.5 Å². The number of rotatable bonds is 6. The quantitative estimate of drug-likeness (QED) is 0.891. The van der Waals surface area contributed by atoms with Crippen molar-refractivity contribution in [3.8, 4) is 11.5 Å². The molecule has 112 valence electrons. The Labute approximate surface area is 128 Å². The molecule has 2 aromatic rings. The Balaban J connectivity index is 2.08. The fraction of sp³-hybridized carbons (Fsp3) is 0.312. The Kier molecular flexibility index (Phi) is 5.22. The van der Waals surface area contributed by atoms with E-state index in [1.807, 2.05) is 42.6 Å². The number of hydrogen-bond acceptors (Lipinski definition) is 4. The summed E-state index contributed by atoms with van der Waals surface area (Å²) in [6.45, 7) is 1.93. The van der Waals surface area contributed by atoms with Gasteiger partial charge in [-0.3, -0.25) is 4.79 Å². The molecule has 1 N–H and O–H groups in total. The molecule has 1 aromatic heterocycles. The third-order valence-corrected chi connectivity index (χ3v) is 4.07. The maximum atomic E-state index is 12.1. The van der Waals surface area contributed by atoms with Crippen LogP contribution in [0.3, 0.4) is 0 Å². The molecule has 0 unspecified atom stereocenters. The maximum absolute atomic E-state index is 12.1. The van der Waals surface area contributed by atoms with Gasteiger partial charge in [-0.1, -0.05) is 6.07 Å². The van der Waals surface area contributed by atoms with Crippen molar-refractivity contribution in [3.63, 3.8) is 0 Å². The summed E-state index contributed by atoms with van der Waals surface area (Å²) < 4.78 is 10.6. The minimum absolute atomic E-state index is 0.00479. The van der Waals surface area contributed by atoms with Crippen LogP contribution in [0.15, 0.2) is 35.7 Å². The van der Waals surface area contributed by atoms with Crippen LogP contribution in [0.2, 0.25) is 0 Å². The number of carbonyl (C=O) groups is 1. The molecule has 0 bridgehead atoms. The van der Waals surface area contributed by atoms with E-state index in [0.717, 1.165) is 21.9 Å². The number of carbonyl (C=O) groups excluding carboxylic acids is 1. The summed E-state index contributed by atoms with van der Waals surface area (Å²) in [7, 11) is 3.23. The average Bonchev–Trinajstić information content (AvgIpc) is 2.99. The summed E-state index contributed by atoms with van der Waals surface area (Å²) in [6, 6.07) is 9.32. The highest BCUT2D eigenvalue weighted by atomic mass is 32.1. The van der Waals surface area contributed by atoms with E-state index in [4.69, 9.17) is 9.47 Å². The van der Waals surface area contributed by atoms with Crippen molar-refractivity contribution in [3.05, 3.63) is 46.2 Å². The van der Waals surface area contributed by atoms with Crippen molar-refractivity contribution in [1.82, 2.24) is 5.32 Å². The van der Waals surface area contributed by atoms with E-state index in [0.29, 0.717) is 6.42 Å². The Morgan fingerprint density at radius 1 is 1.29 bits per heavy atom. The molecule has 0 fully saturated rings. The highest BCUT2D eigenvalue weighted by molar-refractivity contribution is 7.10. The summed E-state index contributed by atoms with van der Waals surface area (Å²) in [6.07, 6.45) is 0.397. The molecule has 1 aromatic carbocycles. The van der Waals surface area contributed by atoms with Crippen molar-refractivity contribution in [1.29, 1.82) is 0 Å². The number of thiophene rings is 1. The van der Waals surface area contributed by atoms with Gasteiger partial charge in [0.05, 0.1) is 26.7 Å². The molecule has 4 nitrogen and oxygen atoms in total. The van der Waals surface area contributed by atoms with Crippen molar-refractivity contribution in [2.75, 3.05) is 14.2 Å². The molecular weight excluding hydrogens is 286 g/mol. The Morgan fingerprint density at radius 2 is 2.10 bits per heavy atom. The zero-order valence-electron chi connectivity index (χ0n) is 12.4. The van der Waals surface area contributed by atoms with E-state index in [1.165, 1.54) is 0 Å². The summed E-state index contributed by atoms with van der Waals surface area (Å²) in [5, 5.41) is 4.96. The first-order chi connectivity index (χ1) is 10.1. The smallest absolute Gasteiger partial charge is 0.225 e. The topological polar surface area (TPSA) is 47.6 Å². The lowest BCUT2D eigenvalue weighted by molar-refractivity contribution is -0.121. The van der Waals surface area contributed by atoms with E-state index >= 15 is 0 Å². The highest BCUT2D eigenvalue weighted by Gasteiger charge is 2.15. The van der Waals surface area contributed by atoms with Crippen molar-refractivity contribution in [2.24, 2.45) is 0 Å². The molecule has 0 aliphatic carbocycles. The van der Waals surface area contributed by atoms with Gasteiger partial charge in [-0.25, -0.2) is 0 Å². The van der Waals surface area contributed by atoms with Gasteiger partial charge in [0.2, 0.25) is 5.91 Å². The molecule has 1 heterocycles. The third-order valence-electron chi connectivity index (χ3n) is 3.20. The molecule has 5 heteroatoms. The zero-order chi connectivity index (χ0) is 15.2. The number of amides is 1. The van der Waals surface area contributed by atoms with Crippen LogP contribution >= 0.6 is 11.3 Å². The first-order valence-electron chi connectivity index (χ1n) is 6.67. The molecule has 0 aliphatic heterocycles. The van der Waals surface area contributed by atoms with Crippen molar-refractivity contribution < 1.29 is 14.3 Å². The standard InChI is InChI=1S/C16H19NO3S/c1-11(17-16(18)10-13-5-4-8-21-13)14-9-12(19-2)6-7-15(14)20-3/h4-9,11H,10H2,1-3H3,(H,17,18)/t11-/m0/s1. The van der Waals surface area contributed by atoms with E-state index in [-0.39, 0.29) is 11.9 Å². The first-order valence-corrected chi connectivity index (χ1v) is 7.55. The van der Waals surface area contributed by atoms with Gasteiger partial charge in [0, 0.05) is 10.4 Å². The van der Waals surface area contributed by atoms with Crippen molar-refractivity contribution >= 4 is 17.2 Å². The van der Waals surface area contributed by atoms with Crippen LogP contribution < -0.4 is 14.8 Å². The van der Waals surface area contributed by atoms with Gasteiger partial charge in [0.15, 0.2) is 0 Å². The van der Waals surface area contributed by atoms with Crippen LogP contribution in [0, 0.1) is 0 Å². The molecule has 0 saturated heterocycles. The van der Waals surface area contributed by atoms with Gasteiger partial charge in [-0.2, -0.15) is 0 Å². The summed E-state index contributed by atoms with van der Waals surface area (Å²) in [5.41, 5.74) is 0.899. The van der Waals surface area contributed by atoms with E-state index in [1.54, 1.807) is 25.6 Å². The van der Waals surface area contributed by atoms with E-state index < -0.39 is 0 Å². The van der Waals surface area contributed by atoms with E-state index in [2.05, 4.69) is 5.32 Å². The maximum Gasteiger partial charge on any atom is 0.225 e. The highest BCUT2D eigenvalue weighted by Crippen LogP contribution is 2.29. The second-order valence-corrected chi connectivity index (χ2v) is 5.69. The lowest BCUT2D eigenvalue weighted by Gasteiger charge is -2.18. The number of methoxy groups -OCH3 is 2. The van der Waals surface area contributed by atoms with Gasteiger partial charge in [0.1, 0.15) is 11.5 Å². The van der Waals surface area contributed by atoms with Gasteiger partial charge in [-0.15, -0.1) is 11.3 Å². The van der Waals surface area contributed by atoms with Crippen LogP contribution in [-0.2, 0) is 11.2 Å². The Hall–Kier alpha value is -2.01.